The number of thioether (sulfide) groups is 1. The first-order valence-electron chi connectivity index (χ1n) is 5.86. The molecule has 1 aliphatic carbocycles. The fraction of sp³-hybridized carbons (Fsp3) is 0.538. The summed E-state index contributed by atoms with van der Waals surface area (Å²) in [5.41, 5.74) is 0.916. The topological polar surface area (TPSA) is 52.5 Å². The maximum atomic E-state index is 9.44. The van der Waals surface area contributed by atoms with Crippen LogP contribution < -0.4 is 5.32 Å². The molecule has 0 radical (unpaired) electrons. The molecule has 1 atom stereocenters. The first-order valence-corrected chi connectivity index (χ1v) is 7.09. The van der Waals surface area contributed by atoms with Gasteiger partial charge in [-0.2, -0.15) is 11.8 Å². The van der Waals surface area contributed by atoms with E-state index in [1.165, 1.54) is 18.9 Å². The Morgan fingerprint density at radius 1 is 1.29 bits per heavy atom. The Bertz CT molecular complexity index is 384. The maximum absolute atomic E-state index is 9.44. The molecule has 4 heteroatoms. The van der Waals surface area contributed by atoms with E-state index in [2.05, 4.69) is 11.6 Å². The lowest BCUT2D eigenvalue weighted by atomic mass is 10.1. The predicted molar refractivity (Wildman–Crippen MR) is 71.7 cm³/mol. The van der Waals surface area contributed by atoms with E-state index in [9.17, 15) is 10.2 Å². The molecule has 94 valence electrons. The van der Waals surface area contributed by atoms with Gasteiger partial charge in [0.1, 0.15) is 11.5 Å². The third kappa shape index (κ3) is 3.07. The molecular weight excluding hydrogens is 234 g/mol. The molecule has 1 saturated carbocycles. The molecular formula is C13H19NO2S. The van der Waals surface area contributed by atoms with E-state index in [0.717, 1.165) is 12.1 Å². The molecule has 0 bridgehead atoms. The summed E-state index contributed by atoms with van der Waals surface area (Å²) in [5, 5.41) is 22.3. The molecule has 0 heterocycles. The Morgan fingerprint density at radius 3 is 2.35 bits per heavy atom. The maximum Gasteiger partial charge on any atom is 0.119 e. The highest BCUT2D eigenvalue weighted by Crippen LogP contribution is 2.46. The van der Waals surface area contributed by atoms with E-state index in [4.69, 9.17) is 0 Å². The highest BCUT2D eigenvalue weighted by atomic mass is 32.2. The molecule has 17 heavy (non-hydrogen) atoms. The van der Waals surface area contributed by atoms with Crippen molar-refractivity contribution in [3.05, 3.63) is 23.8 Å². The predicted octanol–water partition coefficient (Wildman–Crippen LogP) is 2.64. The van der Waals surface area contributed by atoms with Crippen LogP contribution in [0, 0.1) is 0 Å². The number of rotatable bonds is 5. The van der Waals surface area contributed by atoms with Gasteiger partial charge < -0.3 is 15.5 Å². The van der Waals surface area contributed by atoms with Crippen LogP contribution in [0.5, 0.6) is 11.5 Å². The number of nitrogens with one attached hydrogen (secondary N) is 1. The van der Waals surface area contributed by atoms with Crippen molar-refractivity contribution in [3.63, 3.8) is 0 Å². The molecule has 3 nitrogen and oxygen atoms in total. The van der Waals surface area contributed by atoms with Crippen molar-refractivity contribution in [1.82, 2.24) is 5.32 Å². The van der Waals surface area contributed by atoms with Crippen LogP contribution in [0.4, 0.5) is 0 Å². The fourth-order valence-corrected chi connectivity index (χ4v) is 2.66. The van der Waals surface area contributed by atoms with Gasteiger partial charge in [-0.25, -0.2) is 0 Å². The monoisotopic (exact) mass is 253 g/mol. The lowest BCUT2D eigenvalue weighted by molar-refractivity contribution is 0.446. The number of aromatic hydroxyl groups is 2. The van der Waals surface area contributed by atoms with Gasteiger partial charge in [0, 0.05) is 23.4 Å². The second kappa shape index (κ2) is 4.78. The number of hydrogen-bond acceptors (Lipinski definition) is 4. The van der Waals surface area contributed by atoms with E-state index in [1.807, 2.05) is 18.7 Å². The standard InChI is InChI=1S/C13H19NO2S/c1-9(14-8-13(17-2)3-4-13)10-5-11(15)7-12(16)6-10/h5-7,9,14-16H,3-4,8H2,1-2H3. The van der Waals surface area contributed by atoms with Crippen molar-refractivity contribution in [2.24, 2.45) is 0 Å². The first kappa shape index (κ1) is 12.6. The summed E-state index contributed by atoms with van der Waals surface area (Å²) in [4.78, 5) is 0. The van der Waals surface area contributed by atoms with Gasteiger partial charge in [-0.15, -0.1) is 0 Å². The quantitative estimate of drug-likeness (QED) is 0.755. The summed E-state index contributed by atoms with van der Waals surface area (Å²) in [6.07, 6.45) is 4.71. The Balaban J connectivity index is 1.97. The van der Waals surface area contributed by atoms with E-state index in [1.54, 1.807) is 12.1 Å². The van der Waals surface area contributed by atoms with Crippen molar-refractivity contribution < 1.29 is 10.2 Å². The fourth-order valence-electron chi connectivity index (χ4n) is 1.92. The van der Waals surface area contributed by atoms with E-state index in [0.29, 0.717) is 4.75 Å². The minimum atomic E-state index is 0.111. The molecule has 0 saturated heterocycles. The van der Waals surface area contributed by atoms with E-state index >= 15 is 0 Å². The lowest BCUT2D eigenvalue weighted by Crippen LogP contribution is -2.28. The minimum absolute atomic E-state index is 0.111. The SMILES string of the molecule is CSC1(CNC(C)c2cc(O)cc(O)c2)CC1. The van der Waals surface area contributed by atoms with Crippen molar-refractivity contribution in [2.45, 2.75) is 30.6 Å². The molecule has 1 fully saturated rings. The van der Waals surface area contributed by atoms with Crippen molar-refractivity contribution >= 4 is 11.8 Å². The van der Waals surface area contributed by atoms with Crippen LogP contribution in [-0.2, 0) is 0 Å². The first-order chi connectivity index (χ1) is 8.04. The Hall–Kier alpha value is -0.870. The van der Waals surface area contributed by atoms with E-state index < -0.39 is 0 Å². The normalized spacial score (nSPS) is 18.9. The van der Waals surface area contributed by atoms with Gasteiger partial charge >= 0.3 is 0 Å². The van der Waals surface area contributed by atoms with Gasteiger partial charge in [-0.1, -0.05) is 0 Å². The largest absolute Gasteiger partial charge is 0.508 e. The van der Waals surface area contributed by atoms with Crippen LogP contribution in [0.2, 0.25) is 0 Å². The molecule has 3 N–H and O–H groups in total. The summed E-state index contributed by atoms with van der Waals surface area (Å²) < 4.78 is 0.424. The number of hydrogen-bond donors (Lipinski definition) is 3. The van der Waals surface area contributed by atoms with Crippen LogP contribution in [0.1, 0.15) is 31.4 Å². The Morgan fingerprint density at radius 2 is 1.88 bits per heavy atom. The van der Waals surface area contributed by atoms with Crippen LogP contribution in [-0.4, -0.2) is 27.8 Å². The summed E-state index contributed by atoms with van der Waals surface area (Å²) in [6.45, 7) is 3.02. The molecule has 1 aromatic carbocycles. The highest BCUT2D eigenvalue weighted by molar-refractivity contribution is 8.00. The van der Waals surface area contributed by atoms with Gasteiger partial charge in [0.2, 0.25) is 0 Å². The second-order valence-corrected chi connectivity index (χ2v) is 6.05. The molecule has 0 aliphatic heterocycles. The molecule has 0 spiro atoms. The minimum Gasteiger partial charge on any atom is -0.508 e. The molecule has 1 aliphatic rings. The highest BCUT2D eigenvalue weighted by Gasteiger charge is 2.41. The Labute approximate surface area is 106 Å². The van der Waals surface area contributed by atoms with Crippen molar-refractivity contribution in [3.8, 4) is 11.5 Å². The molecule has 1 aromatic rings. The second-order valence-electron chi connectivity index (χ2n) is 4.77. The van der Waals surface area contributed by atoms with Gasteiger partial charge in [0.05, 0.1) is 0 Å². The average Bonchev–Trinajstić information content (AvgIpc) is 3.05. The molecule has 0 amide bonds. The summed E-state index contributed by atoms with van der Waals surface area (Å²) in [6, 6.07) is 4.87. The zero-order valence-electron chi connectivity index (χ0n) is 10.2. The van der Waals surface area contributed by atoms with Crippen LogP contribution in [0.15, 0.2) is 18.2 Å². The van der Waals surface area contributed by atoms with Crippen molar-refractivity contribution in [2.75, 3.05) is 12.8 Å². The summed E-state index contributed by atoms with van der Waals surface area (Å²) in [5.74, 6) is 0.222. The summed E-state index contributed by atoms with van der Waals surface area (Å²) >= 11 is 1.92. The van der Waals surface area contributed by atoms with Crippen LogP contribution in [0.3, 0.4) is 0 Å². The molecule has 0 aromatic heterocycles. The van der Waals surface area contributed by atoms with E-state index in [-0.39, 0.29) is 17.5 Å². The van der Waals surface area contributed by atoms with Gasteiger partial charge in [0.15, 0.2) is 0 Å². The average molecular weight is 253 g/mol. The number of phenolic OH excluding ortho intramolecular Hbond substituents is 2. The third-order valence-corrected chi connectivity index (χ3v) is 4.81. The van der Waals surface area contributed by atoms with Crippen LogP contribution >= 0.6 is 11.8 Å². The molecule has 1 unspecified atom stereocenters. The van der Waals surface area contributed by atoms with Gasteiger partial charge in [-0.05, 0) is 43.7 Å². The number of phenols is 2. The zero-order chi connectivity index (χ0) is 12.5. The van der Waals surface area contributed by atoms with Gasteiger partial charge in [0.25, 0.3) is 0 Å². The number of benzene rings is 1. The summed E-state index contributed by atoms with van der Waals surface area (Å²) in [7, 11) is 0. The third-order valence-electron chi connectivity index (χ3n) is 3.40. The van der Waals surface area contributed by atoms with Crippen LogP contribution in [0.25, 0.3) is 0 Å². The Kier molecular flexibility index (Phi) is 3.54. The van der Waals surface area contributed by atoms with Crippen molar-refractivity contribution in [1.29, 1.82) is 0 Å². The zero-order valence-corrected chi connectivity index (χ0v) is 11.0. The smallest absolute Gasteiger partial charge is 0.119 e. The van der Waals surface area contributed by atoms with Gasteiger partial charge in [-0.3, -0.25) is 0 Å². The molecule has 2 rings (SSSR count). The lowest BCUT2D eigenvalue weighted by Gasteiger charge is -2.19.